The summed E-state index contributed by atoms with van der Waals surface area (Å²) in [5.41, 5.74) is -0.273. The van der Waals surface area contributed by atoms with Gasteiger partial charge >= 0.3 is 5.97 Å². The number of carboxylic acid groups (broad SMARTS) is 1. The Kier molecular flexibility index (Phi) is 4.06. The molecule has 4 nitrogen and oxygen atoms in total. The molecule has 0 spiro atoms. The van der Waals surface area contributed by atoms with Gasteiger partial charge in [0.15, 0.2) is 0 Å². The lowest BCUT2D eigenvalue weighted by Gasteiger charge is -2.38. The Hall–Kier alpha value is -1.91. The number of aliphatic carboxylic acids is 1. The van der Waals surface area contributed by atoms with Crippen LogP contribution in [0.1, 0.15) is 36.5 Å². The highest BCUT2D eigenvalue weighted by atomic mass is 19.1. The van der Waals surface area contributed by atoms with Crippen LogP contribution in [-0.4, -0.2) is 35.0 Å². The van der Waals surface area contributed by atoms with Gasteiger partial charge in [0.1, 0.15) is 5.82 Å². The van der Waals surface area contributed by atoms with Crippen molar-refractivity contribution in [2.75, 3.05) is 13.1 Å². The number of likely N-dealkylation sites (tertiary alicyclic amines) is 1. The number of piperidine rings is 1. The van der Waals surface area contributed by atoms with E-state index in [-0.39, 0.29) is 11.7 Å². The zero-order chi connectivity index (χ0) is 14.8. The topological polar surface area (TPSA) is 57.6 Å². The highest BCUT2D eigenvalue weighted by Crippen LogP contribution is 2.35. The molecule has 1 aliphatic rings. The lowest BCUT2D eigenvalue weighted by atomic mass is 9.76. The van der Waals surface area contributed by atoms with Gasteiger partial charge in [-0.1, -0.05) is 6.92 Å². The molecule has 1 N–H and O–H groups in total. The maximum Gasteiger partial charge on any atom is 0.309 e. The first-order chi connectivity index (χ1) is 9.48. The number of carbonyl (C=O) groups is 2. The summed E-state index contributed by atoms with van der Waals surface area (Å²) in [5.74, 6) is -1.33. The van der Waals surface area contributed by atoms with Gasteiger partial charge in [-0.3, -0.25) is 9.59 Å². The molecule has 0 aromatic heterocycles. The van der Waals surface area contributed by atoms with Crippen LogP contribution in [-0.2, 0) is 4.79 Å². The first kappa shape index (κ1) is 14.5. The number of halogens is 1. The molecule has 1 saturated heterocycles. The van der Waals surface area contributed by atoms with Gasteiger partial charge in [0, 0.05) is 18.7 Å². The third-order valence-electron chi connectivity index (χ3n) is 4.23. The quantitative estimate of drug-likeness (QED) is 0.925. The molecule has 0 atom stereocenters. The normalized spacial score (nSPS) is 17.8. The van der Waals surface area contributed by atoms with E-state index in [0.29, 0.717) is 37.9 Å². The van der Waals surface area contributed by atoms with Gasteiger partial charge in [-0.05, 0) is 43.5 Å². The van der Waals surface area contributed by atoms with Crippen molar-refractivity contribution in [3.63, 3.8) is 0 Å². The largest absolute Gasteiger partial charge is 0.481 e. The van der Waals surface area contributed by atoms with E-state index in [1.54, 1.807) is 4.90 Å². The molecule has 0 aliphatic carbocycles. The molecule has 1 heterocycles. The molecule has 1 fully saturated rings. The Morgan fingerprint density at radius 2 is 1.80 bits per heavy atom. The van der Waals surface area contributed by atoms with E-state index in [1.807, 2.05) is 6.92 Å². The van der Waals surface area contributed by atoms with E-state index >= 15 is 0 Å². The second-order valence-corrected chi connectivity index (χ2v) is 5.24. The fourth-order valence-corrected chi connectivity index (χ4v) is 2.63. The summed E-state index contributed by atoms with van der Waals surface area (Å²) in [4.78, 5) is 25.2. The van der Waals surface area contributed by atoms with Gasteiger partial charge < -0.3 is 10.0 Å². The molecular formula is C15H18FNO3. The SMILES string of the molecule is CCC1(C(=O)O)CCN(C(=O)c2ccc(F)cc2)CC1. The number of benzene rings is 1. The summed E-state index contributed by atoms with van der Waals surface area (Å²) in [7, 11) is 0. The highest BCUT2D eigenvalue weighted by molar-refractivity contribution is 5.94. The van der Waals surface area contributed by atoms with Crippen molar-refractivity contribution < 1.29 is 19.1 Å². The van der Waals surface area contributed by atoms with E-state index in [1.165, 1.54) is 24.3 Å². The number of carbonyl (C=O) groups excluding carboxylic acids is 1. The van der Waals surface area contributed by atoms with E-state index in [9.17, 15) is 19.1 Å². The number of rotatable bonds is 3. The van der Waals surface area contributed by atoms with E-state index in [4.69, 9.17) is 0 Å². The molecule has 0 saturated carbocycles. The van der Waals surface area contributed by atoms with Crippen LogP contribution in [0, 0.1) is 11.2 Å². The zero-order valence-corrected chi connectivity index (χ0v) is 11.4. The Morgan fingerprint density at radius 3 is 2.25 bits per heavy atom. The minimum atomic E-state index is -0.783. The van der Waals surface area contributed by atoms with Gasteiger partial charge in [0.05, 0.1) is 5.41 Å². The van der Waals surface area contributed by atoms with E-state index in [2.05, 4.69) is 0 Å². The fourth-order valence-electron chi connectivity index (χ4n) is 2.63. The smallest absolute Gasteiger partial charge is 0.309 e. The standard InChI is InChI=1S/C15H18FNO3/c1-2-15(14(19)20)7-9-17(10-8-15)13(18)11-3-5-12(16)6-4-11/h3-6H,2,7-10H2,1H3,(H,19,20). The third-order valence-corrected chi connectivity index (χ3v) is 4.23. The summed E-state index contributed by atoms with van der Waals surface area (Å²) < 4.78 is 12.8. The summed E-state index contributed by atoms with van der Waals surface area (Å²) in [5, 5.41) is 9.32. The minimum absolute atomic E-state index is 0.167. The van der Waals surface area contributed by atoms with Crippen molar-refractivity contribution in [2.24, 2.45) is 5.41 Å². The molecule has 0 radical (unpaired) electrons. The maximum absolute atomic E-state index is 12.8. The molecule has 0 bridgehead atoms. The Morgan fingerprint density at radius 1 is 1.25 bits per heavy atom. The molecule has 1 aliphatic heterocycles. The van der Waals surface area contributed by atoms with Crippen molar-refractivity contribution in [3.05, 3.63) is 35.6 Å². The summed E-state index contributed by atoms with van der Waals surface area (Å²) in [6, 6.07) is 5.42. The highest BCUT2D eigenvalue weighted by Gasteiger charge is 2.40. The van der Waals surface area contributed by atoms with Crippen molar-refractivity contribution in [3.8, 4) is 0 Å². The zero-order valence-electron chi connectivity index (χ0n) is 11.4. The van der Waals surface area contributed by atoms with Crippen LogP contribution in [0.4, 0.5) is 4.39 Å². The minimum Gasteiger partial charge on any atom is -0.481 e. The van der Waals surface area contributed by atoms with E-state index in [0.717, 1.165) is 0 Å². The van der Waals surface area contributed by atoms with Gasteiger partial charge in [0.25, 0.3) is 5.91 Å². The molecule has 1 aromatic carbocycles. The molecule has 1 aromatic rings. The number of carboxylic acids is 1. The molecule has 1 amide bonds. The van der Waals surface area contributed by atoms with Gasteiger partial charge in [0.2, 0.25) is 0 Å². The average Bonchev–Trinajstić information content (AvgIpc) is 2.47. The van der Waals surface area contributed by atoms with Crippen LogP contribution in [0.15, 0.2) is 24.3 Å². The van der Waals surface area contributed by atoms with Gasteiger partial charge in [-0.25, -0.2) is 4.39 Å². The Labute approximate surface area is 117 Å². The van der Waals surface area contributed by atoms with Crippen molar-refractivity contribution in [2.45, 2.75) is 26.2 Å². The number of hydrogen-bond donors (Lipinski definition) is 1. The van der Waals surface area contributed by atoms with Crippen molar-refractivity contribution >= 4 is 11.9 Å². The first-order valence-corrected chi connectivity index (χ1v) is 6.77. The molecule has 20 heavy (non-hydrogen) atoms. The first-order valence-electron chi connectivity index (χ1n) is 6.77. The van der Waals surface area contributed by atoms with Gasteiger partial charge in [-0.2, -0.15) is 0 Å². The van der Waals surface area contributed by atoms with Crippen molar-refractivity contribution in [1.82, 2.24) is 4.90 Å². The maximum atomic E-state index is 12.8. The number of hydrogen-bond acceptors (Lipinski definition) is 2. The lowest BCUT2D eigenvalue weighted by Crippen LogP contribution is -2.46. The second-order valence-electron chi connectivity index (χ2n) is 5.24. The van der Waals surface area contributed by atoms with E-state index < -0.39 is 11.4 Å². The molecular weight excluding hydrogens is 261 g/mol. The lowest BCUT2D eigenvalue weighted by molar-refractivity contribution is -0.152. The Balaban J connectivity index is 2.05. The fraction of sp³-hybridized carbons (Fsp3) is 0.467. The van der Waals surface area contributed by atoms with Crippen LogP contribution in [0.2, 0.25) is 0 Å². The van der Waals surface area contributed by atoms with Crippen molar-refractivity contribution in [1.29, 1.82) is 0 Å². The van der Waals surface area contributed by atoms with Crippen LogP contribution >= 0.6 is 0 Å². The predicted octanol–water partition coefficient (Wildman–Crippen LogP) is 2.54. The van der Waals surface area contributed by atoms with Crippen LogP contribution in [0.3, 0.4) is 0 Å². The molecule has 5 heteroatoms. The second kappa shape index (κ2) is 5.61. The third kappa shape index (κ3) is 2.66. The number of nitrogens with zero attached hydrogens (tertiary/aromatic N) is 1. The summed E-state index contributed by atoms with van der Waals surface area (Å²) in [6.45, 7) is 2.72. The average molecular weight is 279 g/mol. The molecule has 108 valence electrons. The predicted molar refractivity (Wildman–Crippen MR) is 71.9 cm³/mol. The summed E-state index contributed by atoms with van der Waals surface area (Å²) in [6.07, 6.45) is 1.50. The van der Waals surface area contributed by atoms with Crippen LogP contribution in [0.5, 0.6) is 0 Å². The monoisotopic (exact) mass is 279 g/mol. The van der Waals surface area contributed by atoms with Crippen LogP contribution < -0.4 is 0 Å². The van der Waals surface area contributed by atoms with Crippen LogP contribution in [0.25, 0.3) is 0 Å². The Bertz CT molecular complexity index is 504. The molecule has 0 unspecified atom stereocenters. The number of amides is 1. The molecule has 2 rings (SSSR count). The van der Waals surface area contributed by atoms with Gasteiger partial charge in [-0.15, -0.1) is 0 Å². The summed E-state index contributed by atoms with van der Waals surface area (Å²) >= 11 is 0.